The van der Waals surface area contributed by atoms with E-state index in [0.29, 0.717) is 0 Å². The molecule has 2 aromatic heterocycles. The average molecular weight is 744 g/mol. The minimum absolute atomic E-state index is 0.872. The molecule has 2 heterocycles. The lowest BCUT2D eigenvalue weighted by molar-refractivity contribution is 0.670. The largest absolute Gasteiger partial charge is 0.455 e. The molecule has 0 bridgehead atoms. The molecule has 266 valence electrons. The highest BCUT2D eigenvalue weighted by molar-refractivity contribution is 7.26. The lowest BCUT2D eigenvalue weighted by Gasteiger charge is -2.28. The van der Waals surface area contributed by atoms with Gasteiger partial charge in [0.1, 0.15) is 11.2 Å². The van der Waals surface area contributed by atoms with E-state index in [1.165, 1.54) is 63.6 Å². The number of benzene rings is 10. The molecule has 0 aliphatic rings. The van der Waals surface area contributed by atoms with Gasteiger partial charge < -0.3 is 9.32 Å². The van der Waals surface area contributed by atoms with Crippen LogP contribution < -0.4 is 4.90 Å². The summed E-state index contributed by atoms with van der Waals surface area (Å²) in [6.07, 6.45) is 0. The van der Waals surface area contributed by atoms with Gasteiger partial charge in [0.2, 0.25) is 0 Å². The fourth-order valence-corrected chi connectivity index (χ4v) is 10.3. The van der Waals surface area contributed by atoms with E-state index in [2.05, 4.69) is 205 Å². The summed E-state index contributed by atoms with van der Waals surface area (Å²) in [7, 11) is 0. The van der Waals surface area contributed by atoms with E-state index < -0.39 is 0 Å². The molecular formula is C54H33NOS. The van der Waals surface area contributed by atoms with Gasteiger partial charge in [0, 0.05) is 36.8 Å². The molecule has 0 fully saturated rings. The van der Waals surface area contributed by atoms with E-state index in [9.17, 15) is 0 Å². The first kappa shape index (κ1) is 32.1. The van der Waals surface area contributed by atoms with Crippen LogP contribution in [0.5, 0.6) is 0 Å². The number of hydrogen-bond donors (Lipinski definition) is 0. The molecule has 57 heavy (non-hydrogen) atoms. The van der Waals surface area contributed by atoms with Crippen LogP contribution in [-0.2, 0) is 0 Å². The maximum absolute atomic E-state index is 6.97. The first-order valence-corrected chi connectivity index (χ1v) is 20.2. The Balaban J connectivity index is 1.22. The van der Waals surface area contributed by atoms with Crippen LogP contribution in [0.2, 0.25) is 0 Å². The highest BCUT2D eigenvalue weighted by Crippen LogP contribution is 2.52. The predicted molar refractivity (Wildman–Crippen MR) is 245 cm³/mol. The van der Waals surface area contributed by atoms with Gasteiger partial charge in [-0.05, 0) is 91.5 Å². The Bertz CT molecular complexity index is 3530. The molecule has 0 amide bonds. The number of rotatable bonds is 5. The Morgan fingerprint density at radius 2 is 1.00 bits per heavy atom. The van der Waals surface area contributed by atoms with E-state index in [4.69, 9.17) is 4.42 Å². The van der Waals surface area contributed by atoms with Gasteiger partial charge in [-0.25, -0.2) is 0 Å². The molecule has 0 radical (unpaired) electrons. The molecular weight excluding hydrogens is 711 g/mol. The van der Waals surface area contributed by atoms with Crippen molar-refractivity contribution in [3.05, 3.63) is 200 Å². The van der Waals surface area contributed by atoms with Crippen molar-refractivity contribution in [2.75, 3.05) is 4.90 Å². The molecule has 0 aliphatic carbocycles. The van der Waals surface area contributed by atoms with Crippen LogP contribution in [0.3, 0.4) is 0 Å². The van der Waals surface area contributed by atoms with Gasteiger partial charge in [0.15, 0.2) is 0 Å². The highest BCUT2D eigenvalue weighted by Gasteiger charge is 2.26. The lowest BCUT2D eigenvalue weighted by atomic mass is 9.95. The molecule has 0 atom stereocenters. The zero-order valence-electron chi connectivity index (χ0n) is 30.8. The van der Waals surface area contributed by atoms with Crippen LogP contribution in [0.15, 0.2) is 205 Å². The van der Waals surface area contributed by atoms with Crippen LogP contribution in [0, 0.1) is 0 Å². The summed E-state index contributed by atoms with van der Waals surface area (Å²) in [4.78, 5) is 2.49. The van der Waals surface area contributed by atoms with Gasteiger partial charge >= 0.3 is 0 Å². The highest BCUT2D eigenvalue weighted by atomic mass is 32.1. The number of nitrogens with zero attached hydrogens (tertiary/aromatic N) is 1. The van der Waals surface area contributed by atoms with Crippen LogP contribution in [0.25, 0.3) is 96.7 Å². The van der Waals surface area contributed by atoms with Gasteiger partial charge in [0.05, 0.1) is 16.8 Å². The molecule has 2 nitrogen and oxygen atoms in total. The molecule has 12 rings (SSSR count). The minimum atomic E-state index is 0.872. The number of furan rings is 1. The second-order valence-corrected chi connectivity index (χ2v) is 15.8. The van der Waals surface area contributed by atoms with Crippen molar-refractivity contribution in [3.63, 3.8) is 0 Å². The van der Waals surface area contributed by atoms with Gasteiger partial charge in [-0.2, -0.15) is 0 Å². The van der Waals surface area contributed by atoms with Gasteiger partial charge in [0.25, 0.3) is 0 Å². The maximum atomic E-state index is 6.97. The molecule has 0 N–H and O–H groups in total. The monoisotopic (exact) mass is 743 g/mol. The van der Waals surface area contributed by atoms with Crippen molar-refractivity contribution in [2.45, 2.75) is 0 Å². The normalized spacial score (nSPS) is 11.9. The van der Waals surface area contributed by atoms with Gasteiger partial charge in [-0.15, -0.1) is 11.3 Å². The first-order chi connectivity index (χ1) is 28.3. The number of hydrogen-bond acceptors (Lipinski definition) is 3. The van der Waals surface area contributed by atoms with Crippen molar-refractivity contribution in [2.24, 2.45) is 0 Å². The zero-order valence-corrected chi connectivity index (χ0v) is 31.6. The summed E-state index contributed by atoms with van der Waals surface area (Å²) < 4.78 is 9.52. The fourth-order valence-electron chi connectivity index (χ4n) is 9.05. The number of fused-ring (bicyclic) bond motifs is 10. The molecule has 0 saturated carbocycles. The second kappa shape index (κ2) is 12.7. The Morgan fingerprint density at radius 3 is 1.84 bits per heavy atom. The lowest BCUT2D eigenvalue weighted by Crippen LogP contribution is -2.11. The predicted octanol–water partition coefficient (Wildman–Crippen LogP) is 16.2. The molecule has 0 unspecified atom stereocenters. The smallest absolute Gasteiger partial charge is 0.145 e. The van der Waals surface area contributed by atoms with Crippen LogP contribution in [0.4, 0.5) is 17.1 Å². The van der Waals surface area contributed by atoms with Crippen LogP contribution in [0.1, 0.15) is 0 Å². The molecule has 3 heteroatoms. The fraction of sp³-hybridized carbons (Fsp3) is 0. The van der Waals surface area contributed by atoms with Crippen molar-refractivity contribution in [1.29, 1.82) is 0 Å². The van der Waals surface area contributed by atoms with Crippen LogP contribution in [-0.4, -0.2) is 0 Å². The van der Waals surface area contributed by atoms with E-state index in [1.54, 1.807) is 0 Å². The Labute approximate surface area is 333 Å². The number of thiophene rings is 1. The summed E-state index contributed by atoms with van der Waals surface area (Å²) in [6, 6.07) is 72.7. The molecule has 0 aliphatic heterocycles. The average Bonchev–Trinajstić information content (AvgIpc) is 3.87. The number of para-hydroxylation sites is 1. The minimum Gasteiger partial charge on any atom is -0.455 e. The molecule has 0 saturated heterocycles. The Morgan fingerprint density at radius 1 is 0.386 bits per heavy atom. The number of anilines is 3. The van der Waals surface area contributed by atoms with Crippen molar-refractivity contribution >= 4 is 103 Å². The van der Waals surface area contributed by atoms with E-state index in [1.807, 2.05) is 11.3 Å². The van der Waals surface area contributed by atoms with E-state index >= 15 is 0 Å². The summed E-state index contributed by atoms with van der Waals surface area (Å²) in [5, 5.41) is 12.0. The summed E-state index contributed by atoms with van der Waals surface area (Å²) >= 11 is 1.87. The van der Waals surface area contributed by atoms with Crippen molar-refractivity contribution in [1.82, 2.24) is 0 Å². The second-order valence-electron chi connectivity index (χ2n) is 14.8. The quantitative estimate of drug-likeness (QED) is 0.163. The molecule has 0 spiro atoms. The first-order valence-electron chi connectivity index (χ1n) is 19.4. The zero-order chi connectivity index (χ0) is 37.5. The van der Waals surface area contributed by atoms with E-state index in [0.717, 1.165) is 50.1 Å². The topological polar surface area (TPSA) is 16.4 Å². The Kier molecular flexibility index (Phi) is 7.13. The molecule has 12 aromatic rings. The van der Waals surface area contributed by atoms with Crippen molar-refractivity contribution < 1.29 is 4.42 Å². The van der Waals surface area contributed by atoms with E-state index in [-0.39, 0.29) is 0 Å². The maximum Gasteiger partial charge on any atom is 0.145 e. The Hall–Kier alpha value is -7.20. The van der Waals surface area contributed by atoms with Gasteiger partial charge in [-0.1, -0.05) is 158 Å². The third-order valence-electron chi connectivity index (χ3n) is 11.6. The summed E-state index contributed by atoms with van der Waals surface area (Å²) in [5.41, 5.74) is 9.74. The summed E-state index contributed by atoms with van der Waals surface area (Å²) in [6.45, 7) is 0. The SMILES string of the molecule is c1ccc(-c2ccc(N(c3ccc4ccc5ccccc5c4c3)c3ccc(-c4cccc5ccccc45)c4oc5ccccc5c34)c3c2sc2ccccc23)cc1. The van der Waals surface area contributed by atoms with Gasteiger partial charge in [-0.3, -0.25) is 0 Å². The third-order valence-corrected chi connectivity index (χ3v) is 12.8. The third kappa shape index (κ3) is 4.96. The molecule has 10 aromatic carbocycles. The summed E-state index contributed by atoms with van der Waals surface area (Å²) in [5.74, 6) is 0. The standard InChI is InChI=1S/C54H33NOS/c1-2-13-35(14-3-1)41-29-31-48(52-45-21-9-11-24-50(45)57-54(41)52)55(38-28-27-37-26-25-36-16-5-7-19-40(36)46(37)33-38)47-32-30-43(42-22-12-17-34-15-4-6-18-39(34)42)53-51(47)44-20-8-10-23-49(44)56-53/h1-33H. The van der Waals surface area contributed by atoms with Crippen LogP contribution >= 0.6 is 11.3 Å². The van der Waals surface area contributed by atoms with Crippen molar-refractivity contribution in [3.8, 4) is 22.3 Å².